The zero-order valence-corrected chi connectivity index (χ0v) is 27.0. The van der Waals surface area contributed by atoms with E-state index in [4.69, 9.17) is 9.97 Å². The molecule has 0 bridgehead atoms. The molecule has 4 nitrogen and oxygen atoms in total. The Morgan fingerprint density at radius 1 is 0.458 bits per heavy atom. The fourth-order valence-corrected chi connectivity index (χ4v) is 7.44. The fraction of sp³-hybridized carbons (Fsp3) is 0.0909. The van der Waals surface area contributed by atoms with Gasteiger partial charge in [-0.25, -0.2) is 9.97 Å². The molecule has 2 unspecified atom stereocenters. The maximum absolute atomic E-state index is 5.32. The molecule has 4 heterocycles. The zero-order chi connectivity index (χ0) is 32.2. The topological polar surface area (TPSA) is 32.3 Å². The molecule has 2 aromatic heterocycles. The van der Waals surface area contributed by atoms with E-state index in [2.05, 4.69) is 182 Å². The van der Waals surface area contributed by atoms with Crippen LogP contribution < -0.4 is 9.80 Å². The van der Waals surface area contributed by atoms with Gasteiger partial charge in [0.15, 0.2) is 0 Å². The molecule has 2 aliphatic heterocycles. The van der Waals surface area contributed by atoms with Crippen molar-refractivity contribution in [2.75, 3.05) is 23.9 Å². The van der Waals surface area contributed by atoms with Crippen LogP contribution >= 0.6 is 0 Å². The van der Waals surface area contributed by atoms with Gasteiger partial charge in [0.1, 0.15) is 0 Å². The Bertz CT molecular complexity index is 2230. The molecule has 0 saturated carbocycles. The van der Waals surface area contributed by atoms with Crippen LogP contribution in [0.2, 0.25) is 0 Å². The number of pyridine rings is 2. The summed E-state index contributed by atoms with van der Waals surface area (Å²) < 4.78 is 0. The zero-order valence-electron chi connectivity index (χ0n) is 27.0. The van der Waals surface area contributed by atoms with E-state index in [1.54, 1.807) is 0 Å². The van der Waals surface area contributed by atoms with Crippen LogP contribution in [0.1, 0.15) is 34.3 Å². The van der Waals surface area contributed by atoms with Gasteiger partial charge in [-0.2, -0.15) is 0 Å². The highest BCUT2D eigenvalue weighted by Crippen LogP contribution is 2.42. The summed E-state index contributed by atoms with van der Waals surface area (Å²) in [6, 6.07) is 47.7. The fourth-order valence-electron chi connectivity index (χ4n) is 7.44. The smallest absolute Gasteiger partial charge is 0.0949 e. The van der Waals surface area contributed by atoms with Gasteiger partial charge in [-0.05, 0) is 40.5 Å². The third-order valence-corrected chi connectivity index (χ3v) is 9.93. The van der Waals surface area contributed by atoms with Gasteiger partial charge in [0, 0.05) is 36.0 Å². The van der Waals surface area contributed by atoms with Gasteiger partial charge < -0.3 is 9.80 Å². The quantitative estimate of drug-likeness (QED) is 0.196. The van der Waals surface area contributed by atoms with Crippen LogP contribution in [0.3, 0.4) is 0 Å². The molecule has 9 rings (SSSR count). The van der Waals surface area contributed by atoms with E-state index in [9.17, 15) is 0 Å². The summed E-state index contributed by atoms with van der Waals surface area (Å²) in [5.74, 6) is 0. The van der Waals surface area contributed by atoms with Crippen molar-refractivity contribution in [3.8, 4) is 22.5 Å². The lowest BCUT2D eigenvalue weighted by molar-refractivity contribution is 0.807. The average molecular weight is 619 g/mol. The van der Waals surface area contributed by atoms with E-state index < -0.39 is 0 Å². The van der Waals surface area contributed by atoms with Crippen LogP contribution in [0.15, 0.2) is 146 Å². The molecule has 0 spiro atoms. The Labute approximate surface area is 281 Å². The Kier molecular flexibility index (Phi) is 6.68. The van der Waals surface area contributed by atoms with Crippen molar-refractivity contribution in [1.82, 2.24) is 9.97 Å². The Morgan fingerprint density at radius 2 is 0.896 bits per heavy atom. The van der Waals surface area contributed by atoms with Crippen molar-refractivity contribution in [3.63, 3.8) is 0 Å². The molecule has 5 aromatic carbocycles. The molecule has 7 aromatic rings. The third-order valence-electron chi connectivity index (χ3n) is 9.93. The number of nitrogens with zero attached hydrogens (tertiary/aromatic N) is 4. The monoisotopic (exact) mass is 618 g/mol. The standard InChI is InChI=1S/C44H34N4/c1-47-39(29-10-5-3-6-11-29)26-22-33-18-16-31-20-24-37(45-41(31)43(33)47)35-14-9-15-36(28-35)38-25-21-32-17-19-34-23-27-40(30-12-7-4-8-13-30)48(2)44(34)42(32)46-38/h3-28,39-40H,1-2H3. The lowest BCUT2D eigenvalue weighted by Crippen LogP contribution is -2.25. The molecule has 0 N–H and O–H groups in total. The predicted molar refractivity (Wildman–Crippen MR) is 201 cm³/mol. The van der Waals surface area contributed by atoms with Gasteiger partial charge in [-0.1, -0.05) is 140 Å². The minimum atomic E-state index is 0.153. The van der Waals surface area contributed by atoms with E-state index in [-0.39, 0.29) is 12.1 Å². The number of benzene rings is 5. The van der Waals surface area contributed by atoms with Crippen molar-refractivity contribution in [2.24, 2.45) is 0 Å². The van der Waals surface area contributed by atoms with Crippen molar-refractivity contribution in [1.29, 1.82) is 0 Å². The molecular weight excluding hydrogens is 585 g/mol. The van der Waals surface area contributed by atoms with E-state index in [1.807, 2.05) is 0 Å². The molecule has 2 aliphatic rings. The minimum Gasteiger partial charge on any atom is -0.362 e. The van der Waals surface area contributed by atoms with Crippen LogP contribution in [0, 0.1) is 0 Å². The summed E-state index contributed by atoms with van der Waals surface area (Å²) in [4.78, 5) is 15.3. The molecule has 0 amide bonds. The number of hydrogen-bond acceptors (Lipinski definition) is 4. The second-order valence-corrected chi connectivity index (χ2v) is 12.8. The molecule has 48 heavy (non-hydrogen) atoms. The summed E-state index contributed by atoms with van der Waals surface area (Å²) in [5, 5.41) is 2.27. The van der Waals surface area contributed by atoms with Gasteiger partial charge >= 0.3 is 0 Å². The number of hydrogen-bond donors (Lipinski definition) is 0. The second-order valence-electron chi connectivity index (χ2n) is 12.8. The Balaban J connectivity index is 1.11. The molecule has 0 radical (unpaired) electrons. The maximum Gasteiger partial charge on any atom is 0.0949 e. The predicted octanol–water partition coefficient (Wildman–Crippen LogP) is 10.5. The number of anilines is 2. The summed E-state index contributed by atoms with van der Waals surface area (Å²) in [6.07, 6.45) is 9.03. The molecule has 0 aliphatic carbocycles. The molecule has 4 heteroatoms. The van der Waals surface area contributed by atoms with Crippen molar-refractivity contribution >= 4 is 45.3 Å². The summed E-state index contributed by atoms with van der Waals surface area (Å²) in [7, 11) is 4.35. The normalized spacial score (nSPS) is 16.7. The van der Waals surface area contributed by atoms with E-state index >= 15 is 0 Å². The van der Waals surface area contributed by atoms with E-state index in [0.29, 0.717) is 0 Å². The number of likely N-dealkylation sites (N-methyl/N-ethyl adjacent to an activating group) is 2. The van der Waals surface area contributed by atoms with Crippen LogP contribution in [0.25, 0.3) is 56.5 Å². The first-order chi connectivity index (χ1) is 23.6. The average Bonchev–Trinajstić information content (AvgIpc) is 3.15. The molecule has 230 valence electrons. The SMILES string of the molecule is CN1c2c(ccc3ccc(-c4cccc(-c5ccc6ccc7c(c6n5)N(C)C(c5ccccc5)C=C7)c4)nc23)C=CC1c1ccccc1. The minimum absolute atomic E-state index is 0.153. The van der Waals surface area contributed by atoms with Gasteiger partial charge in [-0.3, -0.25) is 0 Å². The summed E-state index contributed by atoms with van der Waals surface area (Å²) >= 11 is 0. The summed E-state index contributed by atoms with van der Waals surface area (Å²) in [5.41, 5.74) is 13.3. The van der Waals surface area contributed by atoms with Crippen LogP contribution in [0.4, 0.5) is 11.4 Å². The second kappa shape index (κ2) is 11.4. The molecule has 0 saturated heterocycles. The van der Waals surface area contributed by atoms with Gasteiger partial charge in [0.25, 0.3) is 0 Å². The number of rotatable bonds is 4. The van der Waals surface area contributed by atoms with Crippen molar-refractivity contribution < 1.29 is 0 Å². The highest BCUT2D eigenvalue weighted by molar-refractivity contribution is 5.99. The number of aromatic nitrogens is 2. The third kappa shape index (κ3) is 4.68. The first kappa shape index (κ1) is 28.2. The van der Waals surface area contributed by atoms with Crippen molar-refractivity contribution in [2.45, 2.75) is 12.1 Å². The van der Waals surface area contributed by atoms with Crippen molar-refractivity contribution in [3.05, 3.63) is 168 Å². The Morgan fingerprint density at radius 3 is 1.35 bits per heavy atom. The molecular formula is C44H34N4. The van der Waals surface area contributed by atoms with Crippen LogP contribution in [0.5, 0.6) is 0 Å². The lowest BCUT2D eigenvalue weighted by atomic mass is 9.95. The van der Waals surface area contributed by atoms with Gasteiger partial charge in [0.05, 0.1) is 45.9 Å². The van der Waals surface area contributed by atoms with Crippen LogP contribution in [-0.2, 0) is 0 Å². The largest absolute Gasteiger partial charge is 0.362 e. The molecule has 2 atom stereocenters. The highest BCUT2D eigenvalue weighted by atomic mass is 15.2. The Hall–Kier alpha value is -6.00. The van der Waals surface area contributed by atoms with Gasteiger partial charge in [0.2, 0.25) is 0 Å². The van der Waals surface area contributed by atoms with Crippen LogP contribution in [-0.4, -0.2) is 24.1 Å². The first-order valence-corrected chi connectivity index (χ1v) is 16.5. The summed E-state index contributed by atoms with van der Waals surface area (Å²) in [6.45, 7) is 0. The van der Waals surface area contributed by atoms with E-state index in [1.165, 1.54) is 22.3 Å². The maximum atomic E-state index is 5.32. The molecule has 0 fully saturated rings. The number of fused-ring (bicyclic) bond motifs is 6. The lowest BCUT2D eigenvalue weighted by Gasteiger charge is -2.33. The first-order valence-electron chi connectivity index (χ1n) is 16.5. The van der Waals surface area contributed by atoms with Gasteiger partial charge in [-0.15, -0.1) is 0 Å². The van der Waals surface area contributed by atoms with E-state index in [0.717, 1.165) is 55.7 Å². The highest BCUT2D eigenvalue weighted by Gasteiger charge is 2.25.